The van der Waals surface area contributed by atoms with Gasteiger partial charge in [0.15, 0.2) is 0 Å². The van der Waals surface area contributed by atoms with Crippen LogP contribution in [0.2, 0.25) is 0 Å². The number of carbonyl (C=O) groups excluding carboxylic acids is 2. The van der Waals surface area contributed by atoms with Crippen molar-refractivity contribution in [1.29, 1.82) is 0 Å². The highest BCUT2D eigenvalue weighted by molar-refractivity contribution is 6.05. The molecule has 2 aromatic rings. The molecule has 6 nitrogen and oxygen atoms in total. The SMILES string of the molecule is O=C1CC2(CCCC2)C(=O)N1Cc1nnc(-c2ccccc2)o1. The van der Waals surface area contributed by atoms with Crippen molar-refractivity contribution in [3.05, 3.63) is 36.2 Å². The Balaban J connectivity index is 1.54. The van der Waals surface area contributed by atoms with Gasteiger partial charge in [-0.3, -0.25) is 14.5 Å². The molecular weight excluding hydrogens is 294 g/mol. The van der Waals surface area contributed by atoms with E-state index in [1.165, 1.54) is 4.90 Å². The summed E-state index contributed by atoms with van der Waals surface area (Å²) < 4.78 is 5.61. The number of likely N-dealkylation sites (tertiary alicyclic amines) is 1. The van der Waals surface area contributed by atoms with E-state index in [-0.39, 0.29) is 18.4 Å². The van der Waals surface area contributed by atoms with Crippen LogP contribution in [0, 0.1) is 5.41 Å². The predicted octanol–water partition coefficient (Wildman–Crippen LogP) is 2.56. The summed E-state index contributed by atoms with van der Waals surface area (Å²) >= 11 is 0. The molecule has 118 valence electrons. The van der Waals surface area contributed by atoms with Crippen molar-refractivity contribution in [1.82, 2.24) is 15.1 Å². The Kier molecular flexibility index (Phi) is 3.25. The first-order valence-electron chi connectivity index (χ1n) is 7.91. The molecule has 2 fully saturated rings. The molecule has 6 heteroatoms. The quantitative estimate of drug-likeness (QED) is 0.814. The highest BCUT2D eigenvalue weighted by atomic mass is 16.4. The van der Waals surface area contributed by atoms with Gasteiger partial charge in [0.25, 0.3) is 0 Å². The van der Waals surface area contributed by atoms with Gasteiger partial charge in [-0.1, -0.05) is 31.0 Å². The number of aromatic nitrogens is 2. The third-order valence-electron chi connectivity index (χ3n) is 4.83. The largest absolute Gasteiger partial charge is 0.419 e. The van der Waals surface area contributed by atoms with Gasteiger partial charge in [0.05, 0.1) is 5.41 Å². The third-order valence-corrected chi connectivity index (χ3v) is 4.83. The monoisotopic (exact) mass is 311 g/mol. The van der Waals surface area contributed by atoms with Crippen LogP contribution < -0.4 is 0 Å². The lowest BCUT2D eigenvalue weighted by molar-refractivity contribution is -0.142. The number of rotatable bonds is 3. The molecule has 2 heterocycles. The van der Waals surface area contributed by atoms with Crippen molar-refractivity contribution < 1.29 is 14.0 Å². The Bertz CT molecular complexity index is 747. The normalized spacial score (nSPS) is 19.9. The molecule has 2 aliphatic rings. The van der Waals surface area contributed by atoms with Crippen molar-refractivity contribution in [3.8, 4) is 11.5 Å². The van der Waals surface area contributed by atoms with E-state index in [0.717, 1.165) is 31.2 Å². The molecule has 1 aromatic heterocycles. The summed E-state index contributed by atoms with van der Waals surface area (Å²) in [4.78, 5) is 26.2. The minimum Gasteiger partial charge on any atom is -0.419 e. The Morgan fingerprint density at radius 2 is 1.83 bits per heavy atom. The van der Waals surface area contributed by atoms with Crippen LogP contribution in [0.4, 0.5) is 0 Å². The molecule has 1 aliphatic carbocycles. The zero-order chi connectivity index (χ0) is 15.9. The maximum Gasteiger partial charge on any atom is 0.247 e. The molecule has 1 aliphatic heterocycles. The van der Waals surface area contributed by atoms with Crippen LogP contribution in [-0.2, 0) is 16.1 Å². The number of imide groups is 1. The number of hydrogen-bond acceptors (Lipinski definition) is 5. The van der Waals surface area contributed by atoms with Gasteiger partial charge in [0.2, 0.25) is 23.6 Å². The van der Waals surface area contributed by atoms with Crippen LogP contribution in [-0.4, -0.2) is 26.9 Å². The number of carbonyl (C=O) groups is 2. The average molecular weight is 311 g/mol. The summed E-state index contributed by atoms with van der Waals surface area (Å²) in [5.74, 6) is 0.492. The summed E-state index contributed by atoms with van der Waals surface area (Å²) in [5.41, 5.74) is 0.358. The van der Waals surface area contributed by atoms with Crippen LogP contribution in [0.5, 0.6) is 0 Å². The van der Waals surface area contributed by atoms with E-state index >= 15 is 0 Å². The molecule has 23 heavy (non-hydrogen) atoms. The fourth-order valence-corrected chi connectivity index (χ4v) is 3.61. The number of hydrogen-bond donors (Lipinski definition) is 0. The van der Waals surface area contributed by atoms with Crippen molar-refractivity contribution in [2.75, 3.05) is 0 Å². The van der Waals surface area contributed by atoms with E-state index in [9.17, 15) is 9.59 Å². The van der Waals surface area contributed by atoms with E-state index in [2.05, 4.69) is 10.2 Å². The molecule has 4 rings (SSSR count). The van der Waals surface area contributed by atoms with Gasteiger partial charge in [-0.15, -0.1) is 10.2 Å². The summed E-state index contributed by atoms with van der Waals surface area (Å²) in [5, 5.41) is 7.98. The average Bonchev–Trinajstić information content (AvgIpc) is 3.27. The molecule has 0 radical (unpaired) electrons. The smallest absolute Gasteiger partial charge is 0.247 e. The first-order valence-corrected chi connectivity index (χ1v) is 7.91. The zero-order valence-corrected chi connectivity index (χ0v) is 12.7. The van der Waals surface area contributed by atoms with Gasteiger partial charge in [-0.05, 0) is 25.0 Å². The summed E-state index contributed by atoms with van der Waals surface area (Å²) in [6, 6.07) is 9.42. The van der Waals surface area contributed by atoms with Crippen LogP contribution in [0.15, 0.2) is 34.7 Å². The van der Waals surface area contributed by atoms with Crippen molar-refractivity contribution in [2.45, 2.75) is 38.6 Å². The number of amides is 2. The molecule has 0 unspecified atom stereocenters. The molecule has 1 saturated heterocycles. The number of benzene rings is 1. The molecule has 1 saturated carbocycles. The van der Waals surface area contributed by atoms with Gasteiger partial charge in [-0.2, -0.15) is 0 Å². The van der Waals surface area contributed by atoms with Crippen LogP contribution in [0.3, 0.4) is 0 Å². The molecule has 1 aromatic carbocycles. The summed E-state index contributed by atoms with van der Waals surface area (Å²) in [7, 11) is 0. The topological polar surface area (TPSA) is 76.3 Å². The third kappa shape index (κ3) is 2.34. The highest BCUT2D eigenvalue weighted by Crippen LogP contribution is 2.47. The van der Waals surface area contributed by atoms with E-state index in [4.69, 9.17) is 4.42 Å². The fourth-order valence-electron chi connectivity index (χ4n) is 3.61. The Morgan fingerprint density at radius 1 is 1.09 bits per heavy atom. The first-order chi connectivity index (χ1) is 11.2. The van der Waals surface area contributed by atoms with Gasteiger partial charge in [0, 0.05) is 12.0 Å². The molecule has 0 bridgehead atoms. The molecule has 1 spiro atoms. The van der Waals surface area contributed by atoms with Crippen LogP contribution in [0.25, 0.3) is 11.5 Å². The highest BCUT2D eigenvalue weighted by Gasteiger charge is 2.52. The Morgan fingerprint density at radius 3 is 2.57 bits per heavy atom. The first kappa shape index (κ1) is 14.1. The summed E-state index contributed by atoms with van der Waals surface area (Å²) in [6.07, 6.45) is 3.99. The van der Waals surface area contributed by atoms with E-state index in [1.54, 1.807) is 0 Å². The molecule has 0 atom stereocenters. The van der Waals surface area contributed by atoms with E-state index in [1.807, 2.05) is 30.3 Å². The molecule has 0 N–H and O–H groups in total. The maximum absolute atomic E-state index is 12.6. The van der Waals surface area contributed by atoms with Gasteiger partial charge in [-0.25, -0.2) is 0 Å². The minimum atomic E-state index is -0.459. The van der Waals surface area contributed by atoms with Crippen molar-refractivity contribution in [2.24, 2.45) is 5.41 Å². The van der Waals surface area contributed by atoms with Crippen molar-refractivity contribution >= 4 is 11.8 Å². The molecule has 2 amide bonds. The van der Waals surface area contributed by atoms with Crippen molar-refractivity contribution in [3.63, 3.8) is 0 Å². The maximum atomic E-state index is 12.6. The van der Waals surface area contributed by atoms with E-state index in [0.29, 0.717) is 18.2 Å². The van der Waals surface area contributed by atoms with Gasteiger partial charge in [0.1, 0.15) is 6.54 Å². The minimum absolute atomic E-state index is 0.0687. The second kappa shape index (κ2) is 5.30. The van der Waals surface area contributed by atoms with Crippen LogP contribution >= 0.6 is 0 Å². The number of nitrogens with zero attached hydrogens (tertiary/aromatic N) is 3. The predicted molar refractivity (Wildman–Crippen MR) is 80.8 cm³/mol. The van der Waals surface area contributed by atoms with Gasteiger partial charge < -0.3 is 4.42 Å². The van der Waals surface area contributed by atoms with Crippen LogP contribution in [0.1, 0.15) is 38.0 Å². The lowest BCUT2D eigenvalue weighted by Gasteiger charge is -2.19. The summed E-state index contributed by atoms with van der Waals surface area (Å²) in [6.45, 7) is 0.0687. The van der Waals surface area contributed by atoms with Gasteiger partial charge >= 0.3 is 0 Å². The lowest BCUT2D eigenvalue weighted by Crippen LogP contribution is -2.34. The second-order valence-electron chi connectivity index (χ2n) is 6.32. The Labute approximate surface area is 133 Å². The molecular formula is C17H17N3O3. The second-order valence-corrected chi connectivity index (χ2v) is 6.32. The fraction of sp³-hybridized carbons (Fsp3) is 0.412. The lowest BCUT2D eigenvalue weighted by atomic mass is 9.84. The zero-order valence-electron chi connectivity index (χ0n) is 12.7. The standard InChI is InChI=1S/C17H17N3O3/c21-14-10-17(8-4-5-9-17)16(22)20(14)11-13-18-19-15(23-13)12-6-2-1-3-7-12/h1-3,6-7H,4-5,8-11H2. The Hall–Kier alpha value is -2.50. The van der Waals surface area contributed by atoms with E-state index < -0.39 is 5.41 Å².